The van der Waals surface area contributed by atoms with Crippen molar-refractivity contribution in [2.75, 3.05) is 37.6 Å². The van der Waals surface area contributed by atoms with Crippen LogP contribution in [0.2, 0.25) is 0 Å². The minimum atomic E-state index is -0.279. The first-order chi connectivity index (χ1) is 11.0. The molecule has 124 valence electrons. The van der Waals surface area contributed by atoms with E-state index in [4.69, 9.17) is 0 Å². The highest BCUT2D eigenvalue weighted by Crippen LogP contribution is 2.22. The molecule has 7 nitrogen and oxygen atoms in total. The van der Waals surface area contributed by atoms with E-state index in [2.05, 4.69) is 19.8 Å². The number of rotatable bonds is 3. The van der Waals surface area contributed by atoms with Gasteiger partial charge in [0.25, 0.3) is 0 Å². The van der Waals surface area contributed by atoms with Gasteiger partial charge in [0.2, 0.25) is 11.8 Å². The molecule has 1 atom stereocenters. The Morgan fingerprint density at radius 1 is 1.13 bits per heavy atom. The SMILES string of the molecule is CCN1C(=O)C[C@@H](N2CCN(c3cc(C)nc(C)n3)CC2)C1=O. The standard InChI is InChI=1S/C16H23N5O2/c1-4-21-15(22)10-13(16(21)23)19-5-7-20(8-6-19)14-9-11(2)17-12(3)18-14/h9,13H,4-8,10H2,1-3H3/t13-/m1/s1. The molecular formula is C16H23N5O2. The molecule has 2 aliphatic rings. The third-order valence-electron chi connectivity index (χ3n) is 4.57. The number of likely N-dealkylation sites (N-methyl/N-ethyl adjacent to an activating group) is 1. The molecule has 0 saturated carbocycles. The van der Waals surface area contributed by atoms with Gasteiger partial charge in [0, 0.05) is 44.5 Å². The average molecular weight is 317 g/mol. The van der Waals surface area contributed by atoms with E-state index in [1.807, 2.05) is 26.8 Å². The number of hydrogen-bond donors (Lipinski definition) is 0. The highest BCUT2D eigenvalue weighted by atomic mass is 16.2. The first kappa shape index (κ1) is 15.9. The molecule has 3 heterocycles. The Morgan fingerprint density at radius 3 is 2.39 bits per heavy atom. The maximum absolute atomic E-state index is 12.3. The van der Waals surface area contributed by atoms with Gasteiger partial charge in [0.05, 0.1) is 12.5 Å². The van der Waals surface area contributed by atoms with Gasteiger partial charge < -0.3 is 4.90 Å². The molecule has 0 spiro atoms. The second kappa shape index (κ2) is 6.23. The second-order valence-electron chi connectivity index (χ2n) is 6.13. The van der Waals surface area contributed by atoms with Crippen LogP contribution in [0.5, 0.6) is 0 Å². The fourth-order valence-corrected chi connectivity index (χ4v) is 3.41. The topological polar surface area (TPSA) is 69.6 Å². The van der Waals surface area contributed by atoms with Crippen molar-refractivity contribution in [3.05, 3.63) is 17.6 Å². The highest BCUT2D eigenvalue weighted by Gasteiger charge is 2.41. The number of anilines is 1. The maximum atomic E-state index is 12.3. The summed E-state index contributed by atoms with van der Waals surface area (Å²) in [7, 11) is 0. The molecule has 1 aromatic heterocycles. The van der Waals surface area contributed by atoms with Gasteiger partial charge in [0.15, 0.2) is 0 Å². The fourth-order valence-electron chi connectivity index (χ4n) is 3.41. The molecule has 2 saturated heterocycles. The van der Waals surface area contributed by atoms with Crippen LogP contribution in [0.4, 0.5) is 5.82 Å². The zero-order valence-corrected chi connectivity index (χ0v) is 13.9. The van der Waals surface area contributed by atoms with E-state index in [0.717, 1.165) is 43.5 Å². The van der Waals surface area contributed by atoms with Gasteiger partial charge in [-0.05, 0) is 20.8 Å². The van der Waals surface area contributed by atoms with Crippen molar-refractivity contribution in [2.24, 2.45) is 0 Å². The van der Waals surface area contributed by atoms with E-state index < -0.39 is 0 Å². The maximum Gasteiger partial charge on any atom is 0.247 e. The lowest BCUT2D eigenvalue weighted by atomic mass is 10.1. The van der Waals surface area contributed by atoms with Crippen LogP contribution in [-0.2, 0) is 9.59 Å². The molecule has 2 aliphatic heterocycles. The number of carbonyl (C=O) groups excluding carboxylic acids is 2. The van der Waals surface area contributed by atoms with E-state index in [-0.39, 0.29) is 17.9 Å². The number of aromatic nitrogens is 2. The summed E-state index contributed by atoms with van der Waals surface area (Å²) < 4.78 is 0. The highest BCUT2D eigenvalue weighted by molar-refractivity contribution is 6.05. The Kier molecular flexibility index (Phi) is 4.30. The van der Waals surface area contributed by atoms with E-state index in [0.29, 0.717) is 13.0 Å². The molecule has 0 aromatic carbocycles. The first-order valence-electron chi connectivity index (χ1n) is 8.15. The zero-order valence-electron chi connectivity index (χ0n) is 13.9. The van der Waals surface area contributed by atoms with Crippen molar-refractivity contribution >= 4 is 17.6 Å². The summed E-state index contributed by atoms with van der Waals surface area (Å²) in [6.07, 6.45) is 0.318. The largest absolute Gasteiger partial charge is 0.354 e. The van der Waals surface area contributed by atoms with Crippen molar-refractivity contribution < 1.29 is 9.59 Å². The van der Waals surface area contributed by atoms with Crippen LogP contribution in [0.15, 0.2) is 6.07 Å². The van der Waals surface area contributed by atoms with Crippen molar-refractivity contribution in [3.8, 4) is 0 Å². The zero-order chi connectivity index (χ0) is 16.6. The lowest BCUT2D eigenvalue weighted by molar-refractivity contribution is -0.139. The van der Waals surface area contributed by atoms with Crippen LogP contribution in [-0.4, -0.2) is 70.3 Å². The van der Waals surface area contributed by atoms with Gasteiger partial charge in [-0.15, -0.1) is 0 Å². The molecule has 23 heavy (non-hydrogen) atoms. The van der Waals surface area contributed by atoms with E-state index in [9.17, 15) is 9.59 Å². The van der Waals surface area contributed by atoms with Crippen molar-refractivity contribution in [3.63, 3.8) is 0 Å². The molecule has 0 bridgehead atoms. The monoisotopic (exact) mass is 317 g/mol. The van der Waals surface area contributed by atoms with Crippen LogP contribution in [0.1, 0.15) is 24.9 Å². The van der Waals surface area contributed by atoms with E-state index in [1.54, 1.807) is 0 Å². The van der Waals surface area contributed by atoms with Crippen LogP contribution >= 0.6 is 0 Å². The van der Waals surface area contributed by atoms with E-state index in [1.165, 1.54) is 4.90 Å². The number of hydrogen-bond acceptors (Lipinski definition) is 6. The van der Waals surface area contributed by atoms with Crippen LogP contribution in [0.3, 0.4) is 0 Å². The summed E-state index contributed by atoms with van der Waals surface area (Å²) in [5.74, 6) is 1.63. The second-order valence-corrected chi connectivity index (χ2v) is 6.13. The summed E-state index contributed by atoms with van der Waals surface area (Å²) in [5.41, 5.74) is 0.963. The van der Waals surface area contributed by atoms with Gasteiger partial charge in [-0.2, -0.15) is 0 Å². The molecule has 2 fully saturated rings. The minimum absolute atomic E-state index is 0.0420. The molecule has 1 aromatic rings. The van der Waals surface area contributed by atoms with Crippen LogP contribution in [0, 0.1) is 13.8 Å². The number of likely N-dealkylation sites (tertiary alicyclic amines) is 1. The quantitative estimate of drug-likeness (QED) is 0.750. The van der Waals surface area contributed by atoms with Gasteiger partial charge >= 0.3 is 0 Å². The molecule has 2 amide bonds. The van der Waals surface area contributed by atoms with E-state index >= 15 is 0 Å². The molecule has 0 unspecified atom stereocenters. The lowest BCUT2D eigenvalue weighted by Gasteiger charge is -2.37. The minimum Gasteiger partial charge on any atom is -0.354 e. The smallest absolute Gasteiger partial charge is 0.247 e. The van der Waals surface area contributed by atoms with Crippen molar-refractivity contribution in [1.29, 1.82) is 0 Å². The van der Waals surface area contributed by atoms with Gasteiger partial charge in [-0.25, -0.2) is 9.97 Å². The summed E-state index contributed by atoms with van der Waals surface area (Å²) in [5, 5.41) is 0. The van der Waals surface area contributed by atoms with Gasteiger partial charge in [-0.3, -0.25) is 19.4 Å². The predicted molar refractivity (Wildman–Crippen MR) is 86.1 cm³/mol. The number of aryl methyl sites for hydroxylation is 2. The predicted octanol–water partition coefficient (Wildman–Crippen LogP) is 0.363. The fraction of sp³-hybridized carbons (Fsp3) is 0.625. The van der Waals surface area contributed by atoms with Crippen LogP contribution in [0.25, 0.3) is 0 Å². The normalized spacial score (nSPS) is 23.0. The number of imide groups is 1. The number of carbonyl (C=O) groups is 2. The lowest BCUT2D eigenvalue weighted by Crippen LogP contribution is -2.52. The molecule has 7 heteroatoms. The Morgan fingerprint density at radius 2 is 1.83 bits per heavy atom. The summed E-state index contributed by atoms with van der Waals surface area (Å²) in [6, 6.07) is 1.71. The molecule has 0 radical (unpaired) electrons. The average Bonchev–Trinajstić information content (AvgIpc) is 2.80. The van der Waals surface area contributed by atoms with Gasteiger partial charge in [-0.1, -0.05) is 0 Å². The Balaban J connectivity index is 1.65. The molecule has 0 N–H and O–H groups in total. The Labute approximate surface area is 136 Å². The summed E-state index contributed by atoms with van der Waals surface area (Å²) in [4.78, 5) is 38.7. The Bertz CT molecular complexity index is 605. The molecule has 3 rings (SSSR count). The summed E-state index contributed by atoms with van der Waals surface area (Å²) in [6.45, 7) is 9.32. The van der Waals surface area contributed by atoms with Crippen molar-refractivity contribution in [1.82, 2.24) is 19.8 Å². The van der Waals surface area contributed by atoms with Crippen molar-refractivity contribution in [2.45, 2.75) is 33.2 Å². The summed E-state index contributed by atoms with van der Waals surface area (Å²) >= 11 is 0. The first-order valence-corrected chi connectivity index (χ1v) is 8.15. The third kappa shape index (κ3) is 3.06. The van der Waals surface area contributed by atoms with Crippen LogP contribution < -0.4 is 4.90 Å². The third-order valence-corrected chi connectivity index (χ3v) is 4.57. The molecular weight excluding hydrogens is 294 g/mol. The van der Waals surface area contributed by atoms with Gasteiger partial charge in [0.1, 0.15) is 11.6 Å². The number of amides is 2. The number of piperazine rings is 1. The molecule has 0 aliphatic carbocycles. The Hall–Kier alpha value is -2.02. The number of nitrogens with zero attached hydrogens (tertiary/aromatic N) is 5.